The van der Waals surface area contributed by atoms with Gasteiger partial charge in [-0.25, -0.2) is 0 Å². The summed E-state index contributed by atoms with van der Waals surface area (Å²) in [5.74, 6) is 1.82. The minimum Gasteiger partial charge on any atom is -0.454 e. The van der Waals surface area contributed by atoms with Crippen molar-refractivity contribution in [3.8, 4) is 22.8 Å². The van der Waals surface area contributed by atoms with Gasteiger partial charge in [-0.1, -0.05) is 73.4 Å². The van der Waals surface area contributed by atoms with Crippen molar-refractivity contribution < 1.29 is 4.74 Å². The Labute approximate surface area is 148 Å². The Balaban J connectivity index is 1.87. The summed E-state index contributed by atoms with van der Waals surface area (Å²) in [6, 6.07) is 19.3. The fraction of sp³-hybridized carbons (Fsp3) is 0.136. The Hall–Kier alpha value is -2.65. The van der Waals surface area contributed by atoms with E-state index in [2.05, 4.69) is 74.2 Å². The molecule has 2 heterocycles. The molecule has 0 unspecified atom stereocenters. The van der Waals surface area contributed by atoms with Gasteiger partial charge in [-0.15, -0.1) is 0 Å². The van der Waals surface area contributed by atoms with E-state index in [0.717, 1.165) is 38.9 Å². The third-order valence-electron chi connectivity index (χ3n) is 5.05. The third kappa shape index (κ3) is 2.12. The summed E-state index contributed by atoms with van der Waals surface area (Å²) in [5, 5.41) is 6.09. The van der Waals surface area contributed by atoms with E-state index in [-0.39, 0.29) is 0 Å². The number of hydrogen-bond donors (Lipinski definition) is 0. The van der Waals surface area contributed by atoms with Crippen LogP contribution >= 0.6 is 0 Å². The van der Waals surface area contributed by atoms with Crippen molar-refractivity contribution >= 4 is 34.8 Å². The normalized spacial score (nSPS) is 12.9. The van der Waals surface area contributed by atoms with E-state index in [1.54, 1.807) is 0 Å². The Bertz CT molecular complexity index is 1150. The highest BCUT2D eigenvalue weighted by atomic mass is 28.3. The zero-order valence-electron chi connectivity index (χ0n) is 14.6. The molecule has 122 valence electrons. The molecule has 0 fully saturated rings. The van der Waals surface area contributed by atoms with Crippen molar-refractivity contribution in [3.63, 3.8) is 0 Å². The van der Waals surface area contributed by atoms with Gasteiger partial charge in [-0.2, -0.15) is 0 Å². The lowest BCUT2D eigenvalue weighted by atomic mass is 9.97. The highest BCUT2D eigenvalue weighted by molar-refractivity contribution is 6.88. The standard InChI is InChI=1S/C22H19NOSi/c1-25(2,3)16-11-10-15-13-23-21-17-8-4-6-14-7-5-9-19(20(14)17)24-22(21)18(15)12-16/h4-13H,1-3H3. The maximum Gasteiger partial charge on any atom is 0.161 e. The number of hydrogen-bond acceptors (Lipinski definition) is 2. The van der Waals surface area contributed by atoms with Crippen LogP contribution in [0.1, 0.15) is 0 Å². The molecule has 3 aromatic carbocycles. The maximum atomic E-state index is 6.38. The topological polar surface area (TPSA) is 22.1 Å². The van der Waals surface area contributed by atoms with E-state index >= 15 is 0 Å². The fourth-order valence-electron chi connectivity index (χ4n) is 3.65. The third-order valence-corrected chi connectivity index (χ3v) is 7.09. The second-order valence-corrected chi connectivity index (χ2v) is 12.8. The molecule has 0 bridgehead atoms. The number of ether oxygens (including phenoxy) is 1. The summed E-state index contributed by atoms with van der Waals surface area (Å²) in [6.45, 7) is 7.12. The monoisotopic (exact) mass is 341 g/mol. The number of benzene rings is 3. The average molecular weight is 341 g/mol. The van der Waals surface area contributed by atoms with Gasteiger partial charge in [-0.05, 0) is 11.5 Å². The summed E-state index contributed by atoms with van der Waals surface area (Å²) in [4.78, 5) is 4.75. The molecule has 1 aliphatic rings. The molecule has 0 radical (unpaired) electrons. The first kappa shape index (κ1) is 14.7. The second-order valence-electron chi connectivity index (χ2n) is 7.75. The Morgan fingerprint density at radius 3 is 2.48 bits per heavy atom. The number of nitrogens with zero attached hydrogens (tertiary/aromatic N) is 1. The van der Waals surface area contributed by atoms with E-state index < -0.39 is 8.07 Å². The number of rotatable bonds is 1. The lowest BCUT2D eigenvalue weighted by molar-refractivity contribution is 0.490. The van der Waals surface area contributed by atoms with Gasteiger partial charge in [0.15, 0.2) is 5.75 Å². The van der Waals surface area contributed by atoms with Crippen molar-refractivity contribution in [2.75, 3.05) is 0 Å². The van der Waals surface area contributed by atoms with Gasteiger partial charge in [0.05, 0.1) is 8.07 Å². The molecule has 0 N–H and O–H groups in total. The highest BCUT2D eigenvalue weighted by Gasteiger charge is 2.24. The predicted octanol–water partition coefficient (Wildman–Crippen LogP) is 5.71. The molecule has 4 aromatic rings. The lowest BCUT2D eigenvalue weighted by Gasteiger charge is -2.23. The van der Waals surface area contributed by atoms with Crippen molar-refractivity contribution in [2.45, 2.75) is 19.6 Å². The zero-order valence-corrected chi connectivity index (χ0v) is 15.6. The molecule has 25 heavy (non-hydrogen) atoms. The molecule has 0 atom stereocenters. The molecule has 0 amide bonds. The van der Waals surface area contributed by atoms with Crippen LogP contribution in [0.2, 0.25) is 19.6 Å². The first-order chi connectivity index (χ1) is 12.0. The van der Waals surface area contributed by atoms with Crippen LogP contribution in [0.4, 0.5) is 0 Å². The largest absolute Gasteiger partial charge is 0.454 e. The fourth-order valence-corrected chi connectivity index (χ4v) is 4.81. The highest BCUT2D eigenvalue weighted by Crippen LogP contribution is 2.47. The summed E-state index contributed by atoms with van der Waals surface area (Å²) in [6.07, 6.45) is 1.97. The van der Waals surface area contributed by atoms with Gasteiger partial charge in [-0.3, -0.25) is 4.98 Å². The van der Waals surface area contributed by atoms with Crippen molar-refractivity contribution in [1.29, 1.82) is 0 Å². The molecular weight excluding hydrogens is 322 g/mol. The smallest absolute Gasteiger partial charge is 0.161 e. The Morgan fingerprint density at radius 2 is 1.68 bits per heavy atom. The zero-order chi connectivity index (χ0) is 17.2. The Kier molecular flexibility index (Phi) is 2.89. The van der Waals surface area contributed by atoms with Crippen LogP contribution in [0.5, 0.6) is 11.5 Å². The predicted molar refractivity (Wildman–Crippen MR) is 108 cm³/mol. The van der Waals surface area contributed by atoms with E-state index in [9.17, 15) is 0 Å². The minimum atomic E-state index is -1.39. The molecule has 1 aliphatic heterocycles. The van der Waals surface area contributed by atoms with Crippen molar-refractivity contribution in [2.24, 2.45) is 0 Å². The van der Waals surface area contributed by atoms with Gasteiger partial charge < -0.3 is 4.74 Å². The number of pyridine rings is 1. The van der Waals surface area contributed by atoms with Crippen LogP contribution in [0.25, 0.3) is 32.8 Å². The molecular formula is C22H19NOSi. The molecule has 2 nitrogen and oxygen atoms in total. The molecule has 1 aromatic heterocycles. The SMILES string of the molecule is C[Si](C)(C)c1ccc2cnc3c(c2c1)Oc1cccc2cccc-3c12. The summed E-state index contributed by atoms with van der Waals surface area (Å²) >= 11 is 0. The second kappa shape index (κ2) is 4.93. The molecule has 0 saturated heterocycles. The lowest BCUT2D eigenvalue weighted by Crippen LogP contribution is -2.37. The summed E-state index contributed by atoms with van der Waals surface area (Å²) < 4.78 is 6.38. The van der Waals surface area contributed by atoms with E-state index in [4.69, 9.17) is 9.72 Å². The van der Waals surface area contributed by atoms with E-state index in [1.807, 2.05) is 6.20 Å². The quantitative estimate of drug-likeness (QED) is 0.365. The van der Waals surface area contributed by atoms with Crippen LogP contribution in [0.15, 0.2) is 60.8 Å². The first-order valence-electron chi connectivity index (χ1n) is 8.65. The molecule has 0 saturated carbocycles. The number of fused-ring (bicyclic) bond motifs is 4. The molecule has 0 spiro atoms. The van der Waals surface area contributed by atoms with Gasteiger partial charge in [0.1, 0.15) is 11.4 Å². The number of aromatic nitrogens is 1. The first-order valence-corrected chi connectivity index (χ1v) is 12.2. The molecule has 3 heteroatoms. The molecule has 0 aliphatic carbocycles. The van der Waals surface area contributed by atoms with Gasteiger partial charge in [0.25, 0.3) is 0 Å². The van der Waals surface area contributed by atoms with E-state index in [1.165, 1.54) is 10.6 Å². The van der Waals surface area contributed by atoms with Crippen LogP contribution < -0.4 is 9.92 Å². The van der Waals surface area contributed by atoms with Gasteiger partial charge >= 0.3 is 0 Å². The average Bonchev–Trinajstić information content (AvgIpc) is 2.61. The van der Waals surface area contributed by atoms with E-state index in [0.29, 0.717) is 0 Å². The van der Waals surface area contributed by atoms with Crippen LogP contribution in [-0.4, -0.2) is 13.1 Å². The summed E-state index contributed by atoms with van der Waals surface area (Å²) in [5.41, 5.74) is 2.11. The Morgan fingerprint density at radius 1 is 0.880 bits per heavy atom. The summed E-state index contributed by atoms with van der Waals surface area (Å²) in [7, 11) is -1.39. The van der Waals surface area contributed by atoms with Crippen LogP contribution in [0.3, 0.4) is 0 Å². The van der Waals surface area contributed by atoms with Crippen molar-refractivity contribution in [1.82, 2.24) is 4.98 Å². The van der Waals surface area contributed by atoms with Crippen molar-refractivity contribution in [3.05, 3.63) is 60.8 Å². The van der Waals surface area contributed by atoms with Gasteiger partial charge in [0.2, 0.25) is 0 Å². The van der Waals surface area contributed by atoms with Crippen LogP contribution in [0, 0.1) is 0 Å². The molecule has 5 rings (SSSR count). The van der Waals surface area contributed by atoms with Gasteiger partial charge in [0, 0.05) is 27.9 Å². The maximum absolute atomic E-state index is 6.38. The minimum absolute atomic E-state index is 0.892. The van der Waals surface area contributed by atoms with Crippen LogP contribution in [-0.2, 0) is 0 Å².